The Hall–Kier alpha value is -1.13. The van der Waals surface area contributed by atoms with Crippen LogP contribution in [0.3, 0.4) is 0 Å². The van der Waals surface area contributed by atoms with Crippen molar-refractivity contribution in [3.05, 3.63) is 28.5 Å². The summed E-state index contributed by atoms with van der Waals surface area (Å²) < 4.78 is 0. The molecule has 1 aromatic heterocycles. The van der Waals surface area contributed by atoms with Crippen LogP contribution in [-0.2, 0) is 6.42 Å². The first-order chi connectivity index (χ1) is 9.26. The Kier molecular flexibility index (Phi) is 5.96. The first kappa shape index (κ1) is 16.9. The second-order valence-electron chi connectivity index (χ2n) is 5.55. The third-order valence-electron chi connectivity index (χ3n) is 2.85. The van der Waals surface area contributed by atoms with Crippen molar-refractivity contribution in [3.63, 3.8) is 0 Å². The van der Waals surface area contributed by atoms with Crippen LogP contribution in [0.25, 0.3) is 0 Å². The summed E-state index contributed by atoms with van der Waals surface area (Å²) in [6.07, 6.45) is 1.74. The quantitative estimate of drug-likeness (QED) is 0.822. The molecule has 1 amide bonds. The maximum atomic E-state index is 12.5. The standard InChI is InChI=1S/C15H23ClN2O2/c1-5-7-12-8-11(9-13(16)17-12)14(19)18(6-2)10-15(3,4)20/h8-9,20H,5-7,10H2,1-4H3. The highest BCUT2D eigenvalue weighted by molar-refractivity contribution is 6.29. The van der Waals surface area contributed by atoms with Crippen molar-refractivity contribution in [2.24, 2.45) is 0 Å². The Balaban J connectivity index is 3.00. The molecule has 0 aliphatic rings. The Bertz CT molecular complexity index is 469. The average Bonchev–Trinajstić information content (AvgIpc) is 2.33. The Labute approximate surface area is 125 Å². The largest absolute Gasteiger partial charge is 0.389 e. The van der Waals surface area contributed by atoms with E-state index in [2.05, 4.69) is 11.9 Å². The summed E-state index contributed by atoms with van der Waals surface area (Å²) in [6, 6.07) is 3.36. The molecule has 20 heavy (non-hydrogen) atoms. The number of carbonyl (C=O) groups is 1. The van der Waals surface area contributed by atoms with E-state index in [-0.39, 0.29) is 12.5 Å². The van der Waals surface area contributed by atoms with Crippen molar-refractivity contribution < 1.29 is 9.90 Å². The zero-order valence-electron chi connectivity index (χ0n) is 12.6. The molecule has 0 radical (unpaired) electrons. The molecule has 0 aliphatic carbocycles. The lowest BCUT2D eigenvalue weighted by molar-refractivity contribution is 0.0314. The van der Waals surface area contributed by atoms with Gasteiger partial charge in [0.15, 0.2) is 0 Å². The zero-order valence-corrected chi connectivity index (χ0v) is 13.4. The Morgan fingerprint density at radius 1 is 1.40 bits per heavy atom. The fourth-order valence-electron chi connectivity index (χ4n) is 2.04. The van der Waals surface area contributed by atoms with Gasteiger partial charge in [-0.05, 0) is 39.3 Å². The second-order valence-corrected chi connectivity index (χ2v) is 5.94. The lowest BCUT2D eigenvalue weighted by atomic mass is 10.1. The molecule has 0 bridgehead atoms. The minimum atomic E-state index is -0.922. The van der Waals surface area contributed by atoms with Crippen molar-refractivity contribution in [1.29, 1.82) is 0 Å². The van der Waals surface area contributed by atoms with E-state index in [0.717, 1.165) is 18.5 Å². The van der Waals surface area contributed by atoms with Gasteiger partial charge in [-0.3, -0.25) is 4.79 Å². The number of hydrogen-bond acceptors (Lipinski definition) is 3. The van der Waals surface area contributed by atoms with E-state index in [9.17, 15) is 9.90 Å². The first-order valence-corrected chi connectivity index (χ1v) is 7.32. The third kappa shape index (κ3) is 5.10. The van der Waals surface area contributed by atoms with Crippen LogP contribution in [0.2, 0.25) is 5.15 Å². The van der Waals surface area contributed by atoms with Gasteiger partial charge in [0.1, 0.15) is 5.15 Å². The number of carbonyl (C=O) groups excluding carboxylic acids is 1. The molecule has 4 nitrogen and oxygen atoms in total. The third-order valence-corrected chi connectivity index (χ3v) is 3.04. The molecule has 1 rings (SSSR count). The number of nitrogens with zero attached hydrogens (tertiary/aromatic N) is 2. The van der Waals surface area contributed by atoms with E-state index in [1.165, 1.54) is 0 Å². The predicted octanol–water partition coefficient (Wildman–Crippen LogP) is 2.92. The topological polar surface area (TPSA) is 53.4 Å². The van der Waals surface area contributed by atoms with E-state index < -0.39 is 5.60 Å². The van der Waals surface area contributed by atoms with Crippen molar-refractivity contribution in [2.45, 2.75) is 46.1 Å². The van der Waals surface area contributed by atoms with Gasteiger partial charge in [-0.1, -0.05) is 24.9 Å². The van der Waals surface area contributed by atoms with Crippen LogP contribution < -0.4 is 0 Å². The molecule has 0 unspecified atom stereocenters. The highest BCUT2D eigenvalue weighted by Crippen LogP contribution is 2.16. The van der Waals surface area contributed by atoms with Crippen molar-refractivity contribution >= 4 is 17.5 Å². The van der Waals surface area contributed by atoms with Gasteiger partial charge in [0.25, 0.3) is 5.91 Å². The SMILES string of the molecule is CCCc1cc(C(=O)N(CC)CC(C)(C)O)cc(Cl)n1. The molecule has 0 aromatic carbocycles. The fourth-order valence-corrected chi connectivity index (χ4v) is 2.26. The van der Waals surface area contributed by atoms with Gasteiger partial charge >= 0.3 is 0 Å². The van der Waals surface area contributed by atoms with Crippen LogP contribution in [0, 0.1) is 0 Å². The number of rotatable bonds is 6. The molecular formula is C15H23ClN2O2. The van der Waals surface area contributed by atoms with Gasteiger partial charge < -0.3 is 10.0 Å². The maximum Gasteiger partial charge on any atom is 0.254 e. The van der Waals surface area contributed by atoms with Crippen LogP contribution >= 0.6 is 11.6 Å². The molecule has 5 heteroatoms. The van der Waals surface area contributed by atoms with Gasteiger partial charge in [-0.15, -0.1) is 0 Å². The Morgan fingerprint density at radius 2 is 2.05 bits per heavy atom. The summed E-state index contributed by atoms with van der Waals surface area (Å²) in [5.41, 5.74) is 0.427. The molecule has 1 N–H and O–H groups in total. The summed E-state index contributed by atoms with van der Waals surface area (Å²) in [4.78, 5) is 18.3. The number of aromatic nitrogens is 1. The lowest BCUT2D eigenvalue weighted by Gasteiger charge is -2.28. The van der Waals surface area contributed by atoms with Gasteiger partial charge in [-0.25, -0.2) is 4.98 Å². The van der Waals surface area contributed by atoms with Crippen LogP contribution in [0.1, 0.15) is 50.2 Å². The molecule has 0 saturated carbocycles. The van der Waals surface area contributed by atoms with Crippen molar-refractivity contribution in [3.8, 4) is 0 Å². The molecule has 0 spiro atoms. The minimum absolute atomic E-state index is 0.128. The number of pyridine rings is 1. The van der Waals surface area contributed by atoms with Crippen LogP contribution in [-0.4, -0.2) is 39.6 Å². The monoisotopic (exact) mass is 298 g/mol. The molecular weight excluding hydrogens is 276 g/mol. The van der Waals surface area contributed by atoms with E-state index in [0.29, 0.717) is 17.3 Å². The second kappa shape index (κ2) is 7.04. The summed E-state index contributed by atoms with van der Waals surface area (Å²) in [7, 11) is 0. The van der Waals surface area contributed by atoms with Gasteiger partial charge in [0, 0.05) is 24.3 Å². The number of hydrogen-bond donors (Lipinski definition) is 1. The molecule has 0 atom stereocenters. The molecule has 112 valence electrons. The number of aryl methyl sites for hydroxylation is 1. The molecule has 0 saturated heterocycles. The highest BCUT2D eigenvalue weighted by Gasteiger charge is 2.22. The van der Waals surface area contributed by atoms with Crippen LogP contribution in [0.15, 0.2) is 12.1 Å². The van der Waals surface area contributed by atoms with E-state index in [1.807, 2.05) is 6.92 Å². The number of likely N-dealkylation sites (N-methyl/N-ethyl adjacent to an activating group) is 1. The first-order valence-electron chi connectivity index (χ1n) is 6.95. The molecule has 1 heterocycles. The lowest BCUT2D eigenvalue weighted by Crippen LogP contribution is -2.42. The average molecular weight is 299 g/mol. The van der Waals surface area contributed by atoms with E-state index in [1.54, 1.807) is 30.9 Å². The Morgan fingerprint density at radius 3 is 2.55 bits per heavy atom. The number of halogens is 1. The van der Waals surface area contributed by atoms with Gasteiger partial charge in [0.05, 0.1) is 5.60 Å². The summed E-state index contributed by atoms with van der Waals surface area (Å²) in [5, 5.41) is 10.2. The highest BCUT2D eigenvalue weighted by atomic mass is 35.5. The fraction of sp³-hybridized carbons (Fsp3) is 0.600. The maximum absolute atomic E-state index is 12.5. The summed E-state index contributed by atoms with van der Waals surface area (Å²) >= 11 is 5.98. The molecule has 1 aromatic rings. The molecule has 0 fully saturated rings. The van der Waals surface area contributed by atoms with Crippen molar-refractivity contribution in [1.82, 2.24) is 9.88 Å². The van der Waals surface area contributed by atoms with Gasteiger partial charge in [-0.2, -0.15) is 0 Å². The number of amides is 1. The smallest absolute Gasteiger partial charge is 0.254 e. The zero-order chi connectivity index (χ0) is 15.3. The van der Waals surface area contributed by atoms with Crippen molar-refractivity contribution in [2.75, 3.05) is 13.1 Å². The summed E-state index contributed by atoms with van der Waals surface area (Å²) in [6.45, 7) is 8.13. The van der Waals surface area contributed by atoms with E-state index >= 15 is 0 Å². The normalized spacial score (nSPS) is 11.5. The van der Waals surface area contributed by atoms with Crippen LogP contribution in [0.4, 0.5) is 0 Å². The van der Waals surface area contributed by atoms with Gasteiger partial charge in [0.2, 0.25) is 0 Å². The van der Waals surface area contributed by atoms with E-state index in [4.69, 9.17) is 11.6 Å². The minimum Gasteiger partial charge on any atom is -0.389 e. The molecule has 0 aliphatic heterocycles. The summed E-state index contributed by atoms with van der Waals surface area (Å²) in [5.74, 6) is -0.128. The van der Waals surface area contributed by atoms with Crippen LogP contribution in [0.5, 0.6) is 0 Å². The number of aliphatic hydroxyl groups is 1. The predicted molar refractivity (Wildman–Crippen MR) is 81.1 cm³/mol.